The predicted octanol–water partition coefficient (Wildman–Crippen LogP) is 2.88. The average Bonchev–Trinajstić information content (AvgIpc) is 2.68. The topological polar surface area (TPSA) is 65.5 Å². The number of aromatic nitrogens is 1. The molecule has 2 aliphatic heterocycles. The summed E-state index contributed by atoms with van der Waals surface area (Å²) in [5.74, 6) is 0.730. The average molecular weight is 378 g/mol. The highest BCUT2D eigenvalue weighted by molar-refractivity contribution is 5.94. The number of rotatable bonds is 4. The van der Waals surface area contributed by atoms with Gasteiger partial charge in [-0.1, -0.05) is 12.1 Å². The fourth-order valence-electron chi connectivity index (χ4n) is 4.01. The summed E-state index contributed by atoms with van der Waals surface area (Å²) in [4.78, 5) is 32.1. The lowest BCUT2D eigenvalue weighted by molar-refractivity contribution is -0.129. The van der Waals surface area contributed by atoms with Gasteiger partial charge in [0.05, 0.1) is 17.8 Å². The van der Waals surface area contributed by atoms with E-state index in [-0.39, 0.29) is 17.7 Å². The normalized spacial score (nSPS) is 17.9. The Balaban J connectivity index is 1.27. The maximum absolute atomic E-state index is 12.5. The molecule has 0 aliphatic carbocycles. The number of benzene rings is 1. The SMILES string of the molecule is CC(=O)N1CCC(c2ccc(NC(=O)C3CN(c4cccnc4)C3)cc2)CC1. The third-order valence-corrected chi connectivity index (χ3v) is 5.85. The summed E-state index contributed by atoms with van der Waals surface area (Å²) in [6, 6.07) is 12.1. The van der Waals surface area contributed by atoms with Crippen LogP contribution in [0.2, 0.25) is 0 Å². The van der Waals surface area contributed by atoms with E-state index < -0.39 is 0 Å². The Kier molecular flexibility index (Phi) is 5.28. The van der Waals surface area contributed by atoms with Crippen molar-refractivity contribution in [2.75, 3.05) is 36.4 Å². The summed E-state index contributed by atoms with van der Waals surface area (Å²) in [6.07, 6.45) is 5.58. The summed E-state index contributed by atoms with van der Waals surface area (Å²) in [5, 5.41) is 3.03. The van der Waals surface area contributed by atoms with Crippen LogP contribution in [-0.4, -0.2) is 47.9 Å². The minimum atomic E-state index is 0.00999. The van der Waals surface area contributed by atoms with Crippen LogP contribution < -0.4 is 10.2 Å². The molecule has 6 heteroatoms. The van der Waals surface area contributed by atoms with Crippen LogP contribution in [0.3, 0.4) is 0 Å². The van der Waals surface area contributed by atoms with Gasteiger partial charge < -0.3 is 15.1 Å². The molecule has 0 bridgehead atoms. The second kappa shape index (κ2) is 8.00. The number of likely N-dealkylation sites (tertiary alicyclic amines) is 1. The van der Waals surface area contributed by atoms with Gasteiger partial charge in [0.25, 0.3) is 0 Å². The van der Waals surface area contributed by atoms with E-state index in [2.05, 4.69) is 27.3 Å². The molecule has 0 radical (unpaired) electrons. The highest BCUT2D eigenvalue weighted by Gasteiger charge is 2.33. The number of piperidine rings is 1. The van der Waals surface area contributed by atoms with Gasteiger partial charge in [-0.15, -0.1) is 0 Å². The number of pyridine rings is 1. The highest BCUT2D eigenvalue weighted by atomic mass is 16.2. The molecule has 3 heterocycles. The Labute approximate surface area is 165 Å². The molecule has 1 N–H and O–H groups in total. The molecule has 0 unspecified atom stereocenters. The van der Waals surface area contributed by atoms with Crippen molar-refractivity contribution in [2.24, 2.45) is 5.92 Å². The Hall–Kier alpha value is -2.89. The first kappa shape index (κ1) is 18.5. The van der Waals surface area contributed by atoms with Gasteiger partial charge >= 0.3 is 0 Å². The number of hydrogen-bond acceptors (Lipinski definition) is 4. The minimum absolute atomic E-state index is 0.00999. The molecule has 2 amide bonds. The summed E-state index contributed by atoms with van der Waals surface area (Å²) in [7, 11) is 0. The molecule has 1 aromatic carbocycles. The second-order valence-corrected chi connectivity index (χ2v) is 7.70. The van der Waals surface area contributed by atoms with Gasteiger partial charge in [0.2, 0.25) is 11.8 Å². The molecule has 28 heavy (non-hydrogen) atoms. The molecule has 1 aromatic heterocycles. The van der Waals surface area contributed by atoms with Crippen LogP contribution in [0.1, 0.15) is 31.2 Å². The van der Waals surface area contributed by atoms with E-state index in [1.807, 2.05) is 35.4 Å². The number of nitrogens with zero attached hydrogens (tertiary/aromatic N) is 3. The van der Waals surface area contributed by atoms with Crippen molar-refractivity contribution >= 4 is 23.2 Å². The fraction of sp³-hybridized carbons (Fsp3) is 0.409. The van der Waals surface area contributed by atoms with E-state index in [9.17, 15) is 9.59 Å². The number of amides is 2. The number of carbonyl (C=O) groups excluding carboxylic acids is 2. The van der Waals surface area contributed by atoms with Gasteiger partial charge in [0.15, 0.2) is 0 Å². The molecule has 146 valence electrons. The first-order valence-electron chi connectivity index (χ1n) is 9.91. The zero-order chi connectivity index (χ0) is 19.5. The van der Waals surface area contributed by atoms with Crippen molar-refractivity contribution in [1.82, 2.24) is 9.88 Å². The summed E-state index contributed by atoms with van der Waals surface area (Å²) in [5.41, 5.74) is 3.19. The molecule has 4 rings (SSSR count). The smallest absolute Gasteiger partial charge is 0.231 e. The van der Waals surface area contributed by atoms with Gasteiger partial charge in [0.1, 0.15) is 0 Å². The van der Waals surface area contributed by atoms with Gasteiger partial charge in [-0.25, -0.2) is 0 Å². The molecule has 0 spiro atoms. The molecular weight excluding hydrogens is 352 g/mol. The Morgan fingerprint density at radius 2 is 1.79 bits per heavy atom. The van der Waals surface area contributed by atoms with Gasteiger partial charge in [-0.2, -0.15) is 0 Å². The van der Waals surface area contributed by atoms with E-state index in [4.69, 9.17) is 0 Å². The van der Waals surface area contributed by atoms with Crippen LogP contribution in [0.5, 0.6) is 0 Å². The van der Waals surface area contributed by atoms with Crippen LogP contribution >= 0.6 is 0 Å². The zero-order valence-electron chi connectivity index (χ0n) is 16.2. The number of nitrogens with one attached hydrogen (secondary N) is 1. The third-order valence-electron chi connectivity index (χ3n) is 5.85. The van der Waals surface area contributed by atoms with Crippen LogP contribution in [0.4, 0.5) is 11.4 Å². The predicted molar refractivity (Wildman–Crippen MR) is 109 cm³/mol. The van der Waals surface area contributed by atoms with Crippen molar-refractivity contribution in [3.05, 3.63) is 54.4 Å². The fourth-order valence-corrected chi connectivity index (χ4v) is 4.01. The van der Waals surface area contributed by atoms with Crippen molar-refractivity contribution in [2.45, 2.75) is 25.7 Å². The Bertz CT molecular complexity index is 823. The Morgan fingerprint density at radius 3 is 2.39 bits per heavy atom. The largest absolute Gasteiger partial charge is 0.369 e. The van der Waals surface area contributed by atoms with Gasteiger partial charge in [-0.3, -0.25) is 14.6 Å². The van der Waals surface area contributed by atoms with Gasteiger partial charge in [-0.05, 0) is 48.6 Å². The van der Waals surface area contributed by atoms with Gasteiger partial charge in [0, 0.05) is 45.0 Å². The lowest BCUT2D eigenvalue weighted by Gasteiger charge is -2.39. The van der Waals surface area contributed by atoms with E-state index in [1.54, 1.807) is 13.1 Å². The maximum Gasteiger partial charge on any atom is 0.231 e. The van der Waals surface area contributed by atoms with Crippen LogP contribution in [0.25, 0.3) is 0 Å². The molecule has 2 saturated heterocycles. The first-order chi connectivity index (χ1) is 13.6. The highest BCUT2D eigenvalue weighted by Crippen LogP contribution is 2.29. The minimum Gasteiger partial charge on any atom is -0.369 e. The molecule has 6 nitrogen and oxygen atoms in total. The number of anilines is 2. The van der Waals surface area contributed by atoms with Crippen molar-refractivity contribution < 1.29 is 9.59 Å². The molecule has 2 fully saturated rings. The van der Waals surface area contributed by atoms with Crippen LogP contribution in [-0.2, 0) is 9.59 Å². The molecule has 2 aliphatic rings. The second-order valence-electron chi connectivity index (χ2n) is 7.70. The van der Waals surface area contributed by atoms with E-state index >= 15 is 0 Å². The lowest BCUT2D eigenvalue weighted by Crippen LogP contribution is -2.52. The van der Waals surface area contributed by atoms with Crippen LogP contribution in [0.15, 0.2) is 48.8 Å². The van der Waals surface area contributed by atoms with E-state index in [1.165, 1.54) is 5.56 Å². The standard InChI is InChI=1S/C22H26N4O2/c1-16(27)25-11-8-18(9-12-25)17-4-6-20(7-5-17)24-22(28)19-14-26(15-19)21-3-2-10-23-13-21/h2-7,10,13,18-19H,8-9,11-12,14-15H2,1H3,(H,24,28). The van der Waals surface area contributed by atoms with E-state index in [0.717, 1.165) is 50.4 Å². The molecule has 0 atom stereocenters. The summed E-state index contributed by atoms with van der Waals surface area (Å²) in [6.45, 7) is 4.74. The van der Waals surface area contributed by atoms with Crippen molar-refractivity contribution in [3.63, 3.8) is 0 Å². The van der Waals surface area contributed by atoms with Crippen molar-refractivity contribution in [1.29, 1.82) is 0 Å². The third kappa shape index (κ3) is 4.01. The molecule has 2 aromatic rings. The number of carbonyl (C=O) groups is 2. The van der Waals surface area contributed by atoms with E-state index in [0.29, 0.717) is 5.92 Å². The maximum atomic E-state index is 12.5. The lowest BCUT2D eigenvalue weighted by atomic mass is 9.89. The van der Waals surface area contributed by atoms with Crippen LogP contribution in [0, 0.1) is 5.92 Å². The molecular formula is C22H26N4O2. The summed E-state index contributed by atoms with van der Waals surface area (Å²) < 4.78 is 0. The quantitative estimate of drug-likeness (QED) is 0.888. The molecule has 0 saturated carbocycles. The van der Waals surface area contributed by atoms with Crippen molar-refractivity contribution in [3.8, 4) is 0 Å². The first-order valence-corrected chi connectivity index (χ1v) is 9.91. The monoisotopic (exact) mass is 378 g/mol. The summed E-state index contributed by atoms with van der Waals surface area (Å²) >= 11 is 0. The Morgan fingerprint density at radius 1 is 1.07 bits per heavy atom. The number of hydrogen-bond donors (Lipinski definition) is 1. The zero-order valence-corrected chi connectivity index (χ0v) is 16.2.